The third-order valence-electron chi connectivity index (χ3n) is 3.11. The van der Waals surface area contributed by atoms with Gasteiger partial charge < -0.3 is 10.6 Å². The zero-order chi connectivity index (χ0) is 12.8. The lowest BCUT2D eigenvalue weighted by Crippen LogP contribution is -2.28. The fourth-order valence-electron chi connectivity index (χ4n) is 1.82. The van der Waals surface area contributed by atoms with E-state index in [1.165, 1.54) is 0 Å². The predicted octanol–water partition coefficient (Wildman–Crippen LogP) is 3.01. The lowest BCUT2D eigenvalue weighted by molar-refractivity contribution is 0.548. The summed E-state index contributed by atoms with van der Waals surface area (Å²) < 4.78 is 0. The Labute approximate surface area is 104 Å². The molecule has 0 heterocycles. The number of nitrogens with zero attached hydrogens (tertiary/aromatic N) is 2. The number of nitrogen functional groups attached to an aromatic ring is 1. The first kappa shape index (κ1) is 13.4. The number of anilines is 2. The molecule has 0 aromatic heterocycles. The Bertz CT molecular complexity index is 406. The smallest absolute Gasteiger partial charge is 0.0992 e. The van der Waals surface area contributed by atoms with Crippen LogP contribution in [0.15, 0.2) is 18.2 Å². The Balaban J connectivity index is 2.93. The first-order chi connectivity index (χ1) is 8.12. The summed E-state index contributed by atoms with van der Waals surface area (Å²) in [7, 11) is 0. The average Bonchev–Trinajstić information content (AvgIpc) is 2.35. The summed E-state index contributed by atoms with van der Waals surface area (Å²) in [5.41, 5.74) is 8.34. The van der Waals surface area contributed by atoms with E-state index in [0.717, 1.165) is 25.2 Å². The van der Waals surface area contributed by atoms with Crippen LogP contribution >= 0.6 is 0 Å². The van der Waals surface area contributed by atoms with E-state index in [9.17, 15) is 0 Å². The largest absolute Gasteiger partial charge is 0.397 e. The summed E-state index contributed by atoms with van der Waals surface area (Å²) >= 11 is 0. The Kier molecular flexibility index (Phi) is 4.84. The topological polar surface area (TPSA) is 53.0 Å². The van der Waals surface area contributed by atoms with Gasteiger partial charge in [-0.25, -0.2) is 0 Å². The maximum absolute atomic E-state index is 8.81. The van der Waals surface area contributed by atoms with Gasteiger partial charge in [0, 0.05) is 13.1 Å². The van der Waals surface area contributed by atoms with Crippen molar-refractivity contribution >= 4 is 11.4 Å². The summed E-state index contributed by atoms with van der Waals surface area (Å²) in [5.74, 6) is 0.644. The lowest BCUT2D eigenvalue weighted by Gasteiger charge is -2.27. The molecule has 1 unspecified atom stereocenters. The maximum Gasteiger partial charge on any atom is 0.0992 e. The molecule has 0 saturated carbocycles. The van der Waals surface area contributed by atoms with Crippen molar-refractivity contribution in [2.24, 2.45) is 5.92 Å². The molecule has 2 N–H and O–H groups in total. The molecule has 0 radical (unpaired) electrons. The van der Waals surface area contributed by atoms with E-state index in [1.54, 1.807) is 6.07 Å². The summed E-state index contributed by atoms with van der Waals surface area (Å²) in [6, 6.07) is 7.62. The van der Waals surface area contributed by atoms with Gasteiger partial charge in [-0.05, 0) is 31.0 Å². The van der Waals surface area contributed by atoms with Gasteiger partial charge in [0.1, 0.15) is 0 Å². The second-order valence-electron chi connectivity index (χ2n) is 4.44. The van der Waals surface area contributed by atoms with Crippen LogP contribution in [0.5, 0.6) is 0 Å². The van der Waals surface area contributed by atoms with Crippen molar-refractivity contribution in [3.05, 3.63) is 23.8 Å². The summed E-state index contributed by atoms with van der Waals surface area (Å²) in [6.07, 6.45) is 1.16. The van der Waals surface area contributed by atoms with Crippen LogP contribution in [0.4, 0.5) is 11.4 Å². The lowest BCUT2D eigenvalue weighted by atomic mass is 10.1. The monoisotopic (exact) mass is 231 g/mol. The van der Waals surface area contributed by atoms with Crippen molar-refractivity contribution < 1.29 is 0 Å². The highest BCUT2D eigenvalue weighted by Gasteiger charge is 2.11. The molecule has 17 heavy (non-hydrogen) atoms. The number of hydrogen-bond donors (Lipinski definition) is 1. The van der Waals surface area contributed by atoms with Crippen molar-refractivity contribution in [1.82, 2.24) is 0 Å². The Hall–Kier alpha value is -1.69. The highest BCUT2D eigenvalue weighted by molar-refractivity contribution is 5.69. The fraction of sp³-hybridized carbons (Fsp3) is 0.500. The van der Waals surface area contributed by atoms with Crippen LogP contribution in [0.2, 0.25) is 0 Å². The molecule has 0 saturated heterocycles. The van der Waals surface area contributed by atoms with Crippen molar-refractivity contribution in [3.63, 3.8) is 0 Å². The molecular weight excluding hydrogens is 210 g/mol. The number of nitriles is 1. The van der Waals surface area contributed by atoms with Crippen molar-refractivity contribution in [1.29, 1.82) is 5.26 Å². The number of rotatable bonds is 5. The van der Waals surface area contributed by atoms with Gasteiger partial charge in [0.15, 0.2) is 0 Å². The van der Waals surface area contributed by atoms with E-state index in [-0.39, 0.29) is 0 Å². The molecule has 92 valence electrons. The molecule has 1 rings (SSSR count). The molecule has 0 aliphatic heterocycles. The Morgan fingerprint density at radius 3 is 2.59 bits per heavy atom. The van der Waals surface area contributed by atoms with E-state index in [1.807, 2.05) is 12.1 Å². The van der Waals surface area contributed by atoms with E-state index in [4.69, 9.17) is 11.0 Å². The highest BCUT2D eigenvalue weighted by Crippen LogP contribution is 2.25. The highest BCUT2D eigenvalue weighted by atomic mass is 15.1. The number of nitrogens with two attached hydrogens (primary N) is 1. The van der Waals surface area contributed by atoms with Crippen LogP contribution < -0.4 is 10.6 Å². The predicted molar refractivity (Wildman–Crippen MR) is 72.9 cm³/mol. The third-order valence-corrected chi connectivity index (χ3v) is 3.11. The second kappa shape index (κ2) is 6.15. The normalized spacial score (nSPS) is 11.9. The second-order valence-corrected chi connectivity index (χ2v) is 4.44. The summed E-state index contributed by atoms with van der Waals surface area (Å²) in [6.45, 7) is 8.49. The van der Waals surface area contributed by atoms with Crippen LogP contribution in [0.1, 0.15) is 32.8 Å². The SMILES string of the molecule is CCC(C)CN(CC)c1ccc(C#N)cc1N. The molecule has 0 bridgehead atoms. The minimum absolute atomic E-state index is 0.617. The van der Waals surface area contributed by atoms with E-state index >= 15 is 0 Å². The van der Waals surface area contributed by atoms with Crippen LogP contribution in [0, 0.1) is 17.2 Å². The van der Waals surface area contributed by atoms with Crippen LogP contribution in [-0.4, -0.2) is 13.1 Å². The van der Waals surface area contributed by atoms with Gasteiger partial charge >= 0.3 is 0 Å². The van der Waals surface area contributed by atoms with Crippen molar-refractivity contribution in [2.45, 2.75) is 27.2 Å². The minimum atomic E-state index is 0.617. The first-order valence-corrected chi connectivity index (χ1v) is 6.16. The Morgan fingerprint density at radius 2 is 2.12 bits per heavy atom. The van der Waals surface area contributed by atoms with Crippen LogP contribution in [0.3, 0.4) is 0 Å². The zero-order valence-corrected chi connectivity index (χ0v) is 10.9. The zero-order valence-electron chi connectivity index (χ0n) is 10.9. The molecule has 1 atom stereocenters. The number of benzene rings is 1. The van der Waals surface area contributed by atoms with Gasteiger partial charge in [-0.15, -0.1) is 0 Å². The van der Waals surface area contributed by atoms with E-state index in [2.05, 4.69) is 31.7 Å². The molecule has 0 amide bonds. The molecule has 0 spiro atoms. The van der Waals surface area contributed by atoms with Gasteiger partial charge in [0.2, 0.25) is 0 Å². The molecule has 3 nitrogen and oxygen atoms in total. The molecule has 0 aliphatic carbocycles. The standard InChI is InChI=1S/C14H21N3/c1-4-11(3)10-17(5-2)14-7-6-12(9-15)8-13(14)16/h6-8,11H,4-5,10,16H2,1-3H3. The minimum Gasteiger partial charge on any atom is -0.397 e. The van der Waals surface area contributed by atoms with Gasteiger partial charge in [-0.2, -0.15) is 5.26 Å². The Morgan fingerprint density at radius 1 is 1.41 bits per heavy atom. The van der Waals surface area contributed by atoms with Crippen molar-refractivity contribution in [3.8, 4) is 6.07 Å². The van der Waals surface area contributed by atoms with Gasteiger partial charge in [-0.3, -0.25) is 0 Å². The van der Waals surface area contributed by atoms with Gasteiger partial charge in [-0.1, -0.05) is 20.3 Å². The first-order valence-electron chi connectivity index (χ1n) is 6.16. The van der Waals surface area contributed by atoms with Crippen LogP contribution in [-0.2, 0) is 0 Å². The maximum atomic E-state index is 8.81. The summed E-state index contributed by atoms with van der Waals surface area (Å²) in [5, 5.41) is 8.81. The molecule has 1 aromatic rings. The molecule has 1 aromatic carbocycles. The molecular formula is C14H21N3. The van der Waals surface area contributed by atoms with Crippen molar-refractivity contribution in [2.75, 3.05) is 23.7 Å². The third kappa shape index (κ3) is 3.39. The van der Waals surface area contributed by atoms with E-state index in [0.29, 0.717) is 17.2 Å². The van der Waals surface area contributed by atoms with Gasteiger partial charge in [0.05, 0.1) is 23.0 Å². The molecule has 0 aliphatic rings. The average molecular weight is 231 g/mol. The number of hydrogen-bond acceptors (Lipinski definition) is 3. The quantitative estimate of drug-likeness (QED) is 0.792. The summed E-state index contributed by atoms with van der Waals surface area (Å²) in [4.78, 5) is 2.27. The van der Waals surface area contributed by atoms with E-state index < -0.39 is 0 Å². The fourth-order valence-corrected chi connectivity index (χ4v) is 1.82. The van der Waals surface area contributed by atoms with Crippen LogP contribution in [0.25, 0.3) is 0 Å². The van der Waals surface area contributed by atoms with Gasteiger partial charge in [0.25, 0.3) is 0 Å². The molecule has 3 heteroatoms. The molecule has 0 fully saturated rings.